The molecule has 3 N–H and O–H groups in total. The van der Waals surface area contributed by atoms with Gasteiger partial charge in [0.2, 0.25) is 5.91 Å². The normalized spacial score (nSPS) is 17.8. The Balaban J connectivity index is 1.58. The molecule has 0 bridgehead atoms. The van der Waals surface area contributed by atoms with E-state index in [9.17, 15) is 19.2 Å². The molecule has 0 radical (unpaired) electrons. The number of anilines is 1. The minimum Gasteiger partial charge on any atom is -0.325 e. The lowest BCUT2D eigenvalue weighted by molar-refractivity contribution is -0.140. The minimum atomic E-state index is -1.23. The third-order valence-corrected chi connectivity index (χ3v) is 5.83. The number of hydrazine groups is 1. The molecule has 1 fully saturated rings. The van der Waals surface area contributed by atoms with Gasteiger partial charge in [0.15, 0.2) is 0 Å². The van der Waals surface area contributed by atoms with Crippen molar-refractivity contribution >= 4 is 29.4 Å². The van der Waals surface area contributed by atoms with Gasteiger partial charge in [0, 0.05) is 5.69 Å². The Labute approximate surface area is 193 Å². The number of rotatable bonds is 8. The van der Waals surface area contributed by atoms with Crippen molar-refractivity contribution in [3.63, 3.8) is 0 Å². The molecule has 1 aliphatic rings. The van der Waals surface area contributed by atoms with E-state index in [1.165, 1.54) is 4.90 Å². The fourth-order valence-electron chi connectivity index (χ4n) is 3.82. The largest absolute Gasteiger partial charge is 0.344 e. The number of hydrogen-bond donors (Lipinski definition) is 3. The van der Waals surface area contributed by atoms with E-state index in [4.69, 9.17) is 0 Å². The van der Waals surface area contributed by atoms with Crippen molar-refractivity contribution < 1.29 is 19.2 Å². The van der Waals surface area contributed by atoms with E-state index < -0.39 is 23.4 Å². The van der Waals surface area contributed by atoms with Crippen molar-refractivity contribution in [3.8, 4) is 0 Å². The van der Waals surface area contributed by atoms with Crippen molar-refractivity contribution in [2.45, 2.75) is 32.7 Å². The fraction of sp³-hybridized carbons (Fsp3) is 0.333. The Morgan fingerprint density at radius 2 is 1.67 bits per heavy atom. The second kappa shape index (κ2) is 9.83. The van der Waals surface area contributed by atoms with Gasteiger partial charge in [-0.15, -0.1) is 0 Å². The summed E-state index contributed by atoms with van der Waals surface area (Å²) >= 11 is 0. The van der Waals surface area contributed by atoms with Gasteiger partial charge < -0.3 is 10.6 Å². The van der Waals surface area contributed by atoms with Crippen LogP contribution in [-0.2, 0) is 19.9 Å². The van der Waals surface area contributed by atoms with Crippen LogP contribution in [-0.4, -0.2) is 53.8 Å². The standard InChI is InChI=1S/C24H29N5O4/c1-5-24(18-11-7-6-8-12-18)22(32)29(23(33)26-24)27-21(31)15-28(4)14-20(30)25-19-13-9-10-16(2)17(19)3/h6-13H,5,14-15H2,1-4H3,(H,25,30)(H,26,33)(H,27,31). The summed E-state index contributed by atoms with van der Waals surface area (Å²) in [4.78, 5) is 52.0. The number of benzene rings is 2. The Bertz CT molecular complexity index is 1070. The monoisotopic (exact) mass is 451 g/mol. The SMILES string of the molecule is CCC1(c2ccccc2)NC(=O)N(NC(=O)CN(C)CC(=O)Nc2cccc(C)c2C)C1=O. The highest BCUT2D eigenvalue weighted by molar-refractivity contribution is 6.08. The summed E-state index contributed by atoms with van der Waals surface area (Å²) in [5, 5.41) is 6.26. The summed E-state index contributed by atoms with van der Waals surface area (Å²) in [5.41, 5.74) is 4.53. The van der Waals surface area contributed by atoms with Gasteiger partial charge in [0.05, 0.1) is 13.1 Å². The molecule has 1 saturated heterocycles. The molecule has 0 spiro atoms. The summed E-state index contributed by atoms with van der Waals surface area (Å²) in [6.45, 7) is 5.46. The number of urea groups is 1. The molecule has 1 atom stereocenters. The van der Waals surface area contributed by atoms with E-state index in [1.54, 1.807) is 38.2 Å². The summed E-state index contributed by atoms with van der Waals surface area (Å²) in [7, 11) is 1.61. The third-order valence-electron chi connectivity index (χ3n) is 5.83. The zero-order valence-corrected chi connectivity index (χ0v) is 19.3. The number of carbonyl (C=O) groups excluding carboxylic acids is 4. The molecular weight excluding hydrogens is 422 g/mol. The number of carbonyl (C=O) groups is 4. The average molecular weight is 452 g/mol. The highest BCUT2D eigenvalue weighted by atomic mass is 16.2. The average Bonchev–Trinajstić information content (AvgIpc) is 3.02. The lowest BCUT2D eigenvalue weighted by atomic mass is 9.87. The molecule has 33 heavy (non-hydrogen) atoms. The maximum atomic E-state index is 13.1. The van der Waals surface area contributed by atoms with E-state index in [1.807, 2.05) is 38.1 Å². The predicted molar refractivity (Wildman–Crippen MR) is 124 cm³/mol. The molecule has 9 heteroatoms. The Kier molecular flexibility index (Phi) is 7.13. The number of amides is 5. The quantitative estimate of drug-likeness (QED) is 0.532. The van der Waals surface area contributed by atoms with Gasteiger partial charge in [-0.25, -0.2) is 4.79 Å². The van der Waals surface area contributed by atoms with E-state index in [0.29, 0.717) is 22.7 Å². The van der Waals surface area contributed by atoms with Crippen molar-refractivity contribution in [2.24, 2.45) is 0 Å². The van der Waals surface area contributed by atoms with Crippen LogP contribution in [0.3, 0.4) is 0 Å². The van der Waals surface area contributed by atoms with Crippen LogP contribution in [0.2, 0.25) is 0 Å². The van der Waals surface area contributed by atoms with Crippen LogP contribution in [0.1, 0.15) is 30.0 Å². The smallest absolute Gasteiger partial charge is 0.325 e. The first kappa shape index (κ1) is 23.9. The molecule has 9 nitrogen and oxygen atoms in total. The first-order valence-corrected chi connectivity index (χ1v) is 10.7. The highest BCUT2D eigenvalue weighted by Gasteiger charge is 2.52. The molecule has 0 saturated carbocycles. The first-order valence-electron chi connectivity index (χ1n) is 10.7. The number of imide groups is 1. The van der Waals surface area contributed by atoms with Gasteiger partial charge in [-0.1, -0.05) is 49.4 Å². The third kappa shape index (κ3) is 5.04. The van der Waals surface area contributed by atoms with E-state index in [0.717, 1.165) is 11.1 Å². The zero-order chi connectivity index (χ0) is 24.2. The lowest BCUT2D eigenvalue weighted by Crippen LogP contribution is -2.51. The van der Waals surface area contributed by atoms with Gasteiger partial charge in [-0.3, -0.25) is 24.7 Å². The van der Waals surface area contributed by atoms with Crippen molar-refractivity contribution in [1.29, 1.82) is 0 Å². The van der Waals surface area contributed by atoms with Crippen molar-refractivity contribution in [1.82, 2.24) is 20.7 Å². The minimum absolute atomic E-state index is 0.0378. The summed E-state index contributed by atoms with van der Waals surface area (Å²) in [6.07, 6.45) is 0.326. The maximum Gasteiger partial charge on any atom is 0.344 e. The van der Waals surface area contributed by atoms with Gasteiger partial charge in [-0.2, -0.15) is 5.01 Å². The Morgan fingerprint density at radius 1 is 1.00 bits per heavy atom. The van der Waals surface area contributed by atoms with Crippen LogP contribution >= 0.6 is 0 Å². The van der Waals surface area contributed by atoms with Crippen LogP contribution in [0.4, 0.5) is 10.5 Å². The Morgan fingerprint density at radius 3 is 2.33 bits per heavy atom. The van der Waals surface area contributed by atoms with Gasteiger partial charge in [0.25, 0.3) is 11.8 Å². The van der Waals surface area contributed by atoms with E-state index in [-0.39, 0.29) is 19.0 Å². The van der Waals surface area contributed by atoms with Crippen LogP contribution in [0.25, 0.3) is 0 Å². The lowest BCUT2D eigenvalue weighted by Gasteiger charge is -2.25. The maximum absolute atomic E-state index is 13.1. The topological polar surface area (TPSA) is 111 Å². The van der Waals surface area contributed by atoms with Crippen LogP contribution < -0.4 is 16.1 Å². The van der Waals surface area contributed by atoms with E-state index >= 15 is 0 Å². The molecule has 1 aliphatic heterocycles. The zero-order valence-electron chi connectivity index (χ0n) is 19.3. The fourth-order valence-corrected chi connectivity index (χ4v) is 3.82. The number of nitrogens with zero attached hydrogens (tertiary/aromatic N) is 2. The van der Waals surface area contributed by atoms with Crippen LogP contribution in [0.5, 0.6) is 0 Å². The summed E-state index contributed by atoms with van der Waals surface area (Å²) in [6, 6.07) is 13.8. The van der Waals surface area contributed by atoms with Crippen LogP contribution in [0.15, 0.2) is 48.5 Å². The predicted octanol–water partition coefficient (Wildman–Crippen LogP) is 2.06. The number of likely N-dealkylation sites (N-methyl/N-ethyl adjacent to an activating group) is 1. The van der Waals surface area contributed by atoms with Crippen molar-refractivity contribution in [3.05, 3.63) is 65.2 Å². The number of nitrogens with one attached hydrogen (secondary N) is 3. The summed E-state index contributed by atoms with van der Waals surface area (Å²) < 4.78 is 0. The van der Waals surface area contributed by atoms with Crippen molar-refractivity contribution in [2.75, 3.05) is 25.5 Å². The molecule has 0 aromatic heterocycles. The molecular formula is C24H29N5O4. The molecule has 5 amide bonds. The van der Waals surface area contributed by atoms with Gasteiger partial charge in [0.1, 0.15) is 5.54 Å². The summed E-state index contributed by atoms with van der Waals surface area (Å²) in [5.74, 6) is -1.41. The van der Waals surface area contributed by atoms with E-state index in [2.05, 4.69) is 16.1 Å². The molecule has 174 valence electrons. The number of aryl methyl sites for hydroxylation is 1. The molecule has 0 aliphatic carbocycles. The van der Waals surface area contributed by atoms with Gasteiger partial charge in [-0.05, 0) is 50.1 Å². The Hall–Kier alpha value is -3.72. The molecule has 2 aromatic carbocycles. The molecule has 1 unspecified atom stereocenters. The second-order valence-electron chi connectivity index (χ2n) is 8.20. The van der Waals surface area contributed by atoms with Gasteiger partial charge >= 0.3 is 6.03 Å². The molecule has 1 heterocycles. The van der Waals surface area contributed by atoms with Crippen LogP contribution in [0, 0.1) is 13.8 Å². The molecule has 3 rings (SSSR count). The number of hydrogen-bond acceptors (Lipinski definition) is 5. The first-order chi connectivity index (χ1) is 15.7. The molecule has 2 aromatic rings. The second-order valence-corrected chi connectivity index (χ2v) is 8.20. The highest BCUT2D eigenvalue weighted by Crippen LogP contribution is 2.31.